The van der Waals surface area contributed by atoms with Gasteiger partial charge in [0.1, 0.15) is 6.26 Å². The lowest BCUT2D eigenvalue weighted by atomic mass is 10.7. The second-order valence-corrected chi connectivity index (χ2v) is 2.65. The highest BCUT2D eigenvalue weighted by Gasteiger charge is 1.90. The standard InChI is InChI=1S/C4H12N2OS/c1-5-3-4-6-8(2)7/h5-6H,3-4H2,1-2H3. The Hall–Kier alpha value is 0.230. The van der Waals surface area contributed by atoms with Crippen molar-refractivity contribution in [2.45, 2.75) is 0 Å². The quantitative estimate of drug-likeness (QED) is 0.388. The molecule has 2 N–H and O–H groups in total. The van der Waals surface area contributed by atoms with Crippen LogP contribution < -0.4 is 10.0 Å². The Kier molecular flexibility index (Phi) is 5.52. The van der Waals surface area contributed by atoms with E-state index in [0.717, 1.165) is 13.1 Å². The zero-order chi connectivity index (χ0) is 6.41. The highest BCUT2D eigenvalue weighted by atomic mass is 32.2. The van der Waals surface area contributed by atoms with Crippen LogP contribution in [0.25, 0.3) is 0 Å². The van der Waals surface area contributed by atoms with Gasteiger partial charge in [-0.15, -0.1) is 4.72 Å². The van der Waals surface area contributed by atoms with Gasteiger partial charge in [-0.05, 0) is 7.05 Å². The molecule has 1 unspecified atom stereocenters. The van der Waals surface area contributed by atoms with Crippen molar-refractivity contribution in [3.05, 3.63) is 0 Å². The SMILES string of the molecule is CNCCN[S+](C)[O-]. The molecule has 0 heterocycles. The minimum absolute atomic E-state index is 0.764. The average molecular weight is 136 g/mol. The summed E-state index contributed by atoms with van der Waals surface area (Å²) >= 11 is -0.857. The van der Waals surface area contributed by atoms with Crippen molar-refractivity contribution in [2.75, 3.05) is 26.4 Å². The van der Waals surface area contributed by atoms with E-state index in [4.69, 9.17) is 0 Å². The van der Waals surface area contributed by atoms with Gasteiger partial charge >= 0.3 is 0 Å². The molecule has 0 spiro atoms. The van der Waals surface area contributed by atoms with Crippen LogP contribution in [0.5, 0.6) is 0 Å². The third kappa shape index (κ3) is 6.23. The molecule has 0 bridgehead atoms. The van der Waals surface area contributed by atoms with E-state index in [2.05, 4.69) is 10.0 Å². The summed E-state index contributed by atoms with van der Waals surface area (Å²) in [7, 11) is 1.86. The molecule has 0 amide bonds. The normalized spacial score (nSPS) is 13.9. The molecular formula is C4H12N2OS. The lowest BCUT2D eigenvalue weighted by molar-refractivity contribution is 0.584. The maximum Gasteiger partial charge on any atom is 0.115 e. The molecule has 0 aromatic heterocycles. The van der Waals surface area contributed by atoms with Gasteiger partial charge in [0.15, 0.2) is 0 Å². The number of nitrogens with one attached hydrogen (secondary N) is 2. The molecule has 8 heavy (non-hydrogen) atoms. The first-order chi connectivity index (χ1) is 3.77. The summed E-state index contributed by atoms with van der Waals surface area (Å²) in [6.07, 6.45) is 1.62. The van der Waals surface area contributed by atoms with Gasteiger partial charge in [-0.2, -0.15) is 0 Å². The smallest absolute Gasteiger partial charge is 0.115 e. The Balaban J connectivity index is 2.72. The van der Waals surface area contributed by atoms with Crippen molar-refractivity contribution in [2.24, 2.45) is 0 Å². The van der Waals surface area contributed by atoms with Gasteiger partial charge in [0.25, 0.3) is 0 Å². The van der Waals surface area contributed by atoms with E-state index in [1.807, 2.05) is 7.05 Å². The predicted molar refractivity (Wildman–Crippen MR) is 36.0 cm³/mol. The van der Waals surface area contributed by atoms with Gasteiger partial charge in [0.05, 0.1) is 6.54 Å². The average Bonchev–Trinajstić information content (AvgIpc) is 1.66. The highest BCUT2D eigenvalue weighted by Crippen LogP contribution is 1.69. The van der Waals surface area contributed by atoms with E-state index < -0.39 is 11.4 Å². The van der Waals surface area contributed by atoms with Crippen molar-refractivity contribution in [1.29, 1.82) is 0 Å². The van der Waals surface area contributed by atoms with Crippen molar-refractivity contribution < 1.29 is 4.55 Å². The van der Waals surface area contributed by atoms with Gasteiger partial charge in [0, 0.05) is 17.9 Å². The van der Waals surface area contributed by atoms with Crippen LogP contribution in [0, 0.1) is 0 Å². The Morgan fingerprint density at radius 1 is 1.50 bits per heavy atom. The summed E-state index contributed by atoms with van der Waals surface area (Å²) in [5.41, 5.74) is 0. The molecule has 0 radical (unpaired) electrons. The van der Waals surface area contributed by atoms with Crippen molar-refractivity contribution in [1.82, 2.24) is 10.0 Å². The summed E-state index contributed by atoms with van der Waals surface area (Å²) in [4.78, 5) is 0. The van der Waals surface area contributed by atoms with Gasteiger partial charge in [-0.3, -0.25) is 0 Å². The van der Waals surface area contributed by atoms with Crippen LogP contribution in [-0.2, 0) is 11.4 Å². The Morgan fingerprint density at radius 2 is 2.12 bits per heavy atom. The van der Waals surface area contributed by atoms with E-state index in [9.17, 15) is 4.55 Å². The number of rotatable bonds is 4. The van der Waals surface area contributed by atoms with E-state index in [-0.39, 0.29) is 0 Å². The summed E-state index contributed by atoms with van der Waals surface area (Å²) in [5.74, 6) is 0. The van der Waals surface area contributed by atoms with Crippen molar-refractivity contribution in [3.8, 4) is 0 Å². The van der Waals surface area contributed by atoms with Crippen LogP contribution in [-0.4, -0.2) is 30.9 Å². The van der Waals surface area contributed by atoms with Crippen LogP contribution >= 0.6 is 0 Å². The molecule has 0 aromatic rings. The molecule has 0 aromatic carbocycles. The Morgan fingerprint density at radius 3 is 2.50 bits per heavy atom. The Labute approximate surface area is 53.2 Å². The van der Waals surface area contributed by atoms with Crippen LogP contribution in [0.2, 0.25) is 0 Å². The van der Waals surface area contributed by atoms with Crippen LogP contribution in [0.3, 0.4) is 0 Å². The van der Waals surface area contributed by atoms with E-state index in [1.165, 1.54) is 0 Å². The molecule has 3 nitrogen and oxygen atoms in total. The van der Waals surface area contributed by atoms with E-state index in [0.29, 0.717) is 0 Å². The van der Waals surface area contributed by atoms with E-state index in [1.54, 1.807) is 6.26 Å². The molecule has 0 fully saturated rings. The van der Waals surface area contributed by atoms with Gasteiger partial charge in [-0.1, -0.05) is 0 Å². The molecule has 1 atom stereocenters. The summed E-state index contributed by atoms with van der Waals surface area (Å²) in [6.45, 7) is 1.62. The van der Waals surface area contributed by atoms with Gasteiger partial charge in [-0.25, -0.2) is 0 Å². The second kappa shape index (κ2) is 5.37. The van der Waals surface area contributed by atoms with Crippen LogP contribution in [0.4, 0.5) is 0 Å². The minimum atomic E-state index is -0.857. The maximum absolute atomic E-state index is 10.3. The Bertz CT molecular complexity index is 51.3. The molecule has 0 saturated heterocycles. The molecule has 0 saturated carbocycles. The maximum atomic E-state index is 10.3. The highest BCUT2D eigenvalue weighted by molar-refractivity contribution is 7.88. The van der Waals surface area contributed by atoms with Crippen molar-refractivity contribution >= 4 is 11.4 Å². The first-order valence-corrected chi connectivity index (χ1v) is 4.04. The molecule has 0 rings (SSSR count). The fourth-order valence-corrected chi connectivity index (χ4v) is 0.709. The largest absolute Gasteiger partial charge is 0.598 e. The van der Waals surface area contributed by atoms with Crippen molar-refractivity contribution in [3.63, 3.8) is 0 Å². The number of hydrogen-bond acceptors (Lipinski definition) is 3. The predicted octanol–water partition coefficient (Wildman–Crippen LogP) is -0.911. The molecular weight excluding hydrogens is 124 g/mol. The molecule has 4 heteroatoms. The molecule has 50 valence electrons. The molecule has 0 aliphatic rings. The zero-order valence-corrected chi connectivity index (χ0v) is 6.05. The fraction of sp³-hybridized carbons (Fsp3) is 1.00. The van der Waals surface area contributed by atoms with Crippen LogP contribution in [0.15, 0.2) is 0 Å². The third-order valence-corrected chi connectivity index (χ3v) is 1.29. The van der Waals surface area contributed by atoms with E-state index >= 15 is 0 Å². The third-order valence-electron chi connectivity index (χ3n) is 0.680. The monoisotopic (exact) mass is 136 g/mol. The lowest BCUT2D eigenvalue weighted by Crippen LogP contribution is -2.29. The van der Waals surface area contributed by atoms with Gasteiger partial charge in [0.2, 0.25) is 0 Å². The lowest BCUT2D eigenvalue weighted by Gasteiger charge is -2.03. The fourth-order valence-electron chi connectivity index (χ4n) is 0.320. The zero-order valence-electron chi connectivity index (χ0n) is 5.23. The summed E-state index contributed by atoms with van der Waals surface area (Å²) in [5, 5.41) is 2.93. The summed E-state index contributed by atoms with van der Waals surface area (Å²) in [6, 6.07) is 0. The molecule has 0 aliphatic carbocycles. The topological polar surface area (TPSA) is 47.1 Å². The van der Waals surface area contributed by atoms with Gasteiger partial charge < -0.3 is 9.87 Å². The number of hydrogen-bond donors (Lipinski definition) is 2. The second-order valence-electron chi connectivity index (χ2n) is 1.45. The van der Waals surface area contributed by atoms with Crippen LogP contribution in [0.1, 0.15) is 0 Å². The number of likely N-dealkylation sites (N-methyl/N-ethyl adjacent to an activating group) is 1. The molecule has 0 aliphatic heterocycles. The summed E-state index contributed by atoms with van der Waals surface area (Å²) < 4.78 is 13.0. The first-order valence-electron chi connectivity index (χ1n) is 2.49. The first kappa shape index (κ1) is 8.23. The minimum Gasteiger partial charge on any atom is -0.598 e.